The highest BCUT2D eigenvalue weighted by atomic mass is 32.3. The summed E-state index contributed by atoms with van der Waals surface area (Å²) in [6.45, 7) is 0.673. The summed E-state index contributed by atoms with van der Waals surface area (Å²) in [5.74, 6) is -0.576. The minimum absolute atomic E-state index is 0.350. The molecular weight excluding hydrogens is 548 g/mol. The molecule has 0 aromatic heterocycles. The number of ether oxygens (including phenoxy) is 2. The monoisotopic (exact) mass is 598 g/mol. The maximum atomic E-state index is 11.9. The number of rotatable bonds is 22. The molecule has 40 heavy (non-hydrogen) atoms. The van der Waals surface area contributed by atoms with E-state index in [0.29, 0.717) is 0 Å². The number of nitrogens with one attached hydrogen (secondary N) is 1. The van der Waals surface area contributed by atoms with Crippen LogP contribution in [0, 0.1) is 0 Å². The molecule has 0 spiro atoms. The van der Waals surface area contributed by atoms with E-state index in [1.807, 2.05) is 0 Å². The Balaban J connectivity index is 2.54. The zero-order chi connectivity index (χ0) is 30.0. The number of allylic oxidation sites excluding steroid dienone is 1. The Bertz CT molecular complexity index is 814. The number of aliphatic hydroxyl groups excluding tert-OH is 4. The fourth-order valence-corrected chi connectivity index (χ4v) is 4.94. The van der Waals surface area contributed by atoms with Crippen LogP contribution in [0.4, 0.5) is 0 Å². The average Bonchev–Trinajstić information content (AvgIpc) is 2.91. The molecule has 1 aliphatic rings. The highest BCUT2D eigenvalue weighted by molar-refractivity contribution is 7.80. The van der Waals surface area contributed by atoms with Gasteiger partial charge in [-0.25, -0.2) is 4.18 Å². The van der Waals surface area contributed by atoms with Gasteiger partial charge in [0.1, 0.15) is 24.4 Å². The molecule has 14 heteroatoms. The van der Waals surface area contributed by atoms with E-state index in [9.17, 15) is 33.6 Å². The van der Waals surface area contributed by atoms with Crippen molar-refractivity contribution < 1.29 is 51.8 Å². The number of amides is 1. The van der Waals surface area contributed by atoms with E-state index in [2.05, 4.69) is 16.4 Å². The summed E-state index contributed by atoms with van der Waals surface area (Å²) < 4.78 is 46.3. The number of nitrogens with two attached hydrogens (primary N) is 1. The van der Waals surface area contributed by atoms with E-state index in [1.54, 1.807) is 6.08 Å². The van der Waals surface area contributed by atoms with Gasteiger partial charge in [0.25, 0.3) is 0 Å². The average molecular weight is 599 g/mol. The first-order valence-corrected chi connectivity index (χ1v) is 15.6. The molecule has 1 fully saturated rings. The lowest BCUT2D eigenvalue weighted by Crippen LogP contribution is -2.61. The standard InChI is InChI=1S/C26H50N2O11S/c1-2-3-4-5-6-7-8-9-10-11-12-13-14-15-20(30)19(28-22(31)16-27)18-37-26-24(33)25(39-40(34,35)36)23(32)21(17-29)38-26/h14-15,19-21,23-26,29-30,32-33H,2-13,16-18,27H2,1H3,(H,28,31)(H,34,35,36)/b15-14+/t19-,20+,21+,23-,24+,25-,26+/m0/s1. The fourth-order valence-electron chi connectivity index (χ4n) is 4.43. The number of unbranched alkanes of at least 4 members (excludes halogenated alkanes) is 11. The zero-order valence-corrected chi connectivity index (χ0v) is 24.3. The lowest BCUT2D eigenvalue weighted by Gasteiger charge is -2.41. The normalized spacial score (nSPS) is 25.2. The Morgan fingerprint density at radius 3 is 2.12 bits per heavy atom. The van der Waals surface area contributed by atoms with Gasteiger partial charge in [0.15, 0.2) is 6.29 Å². The van der Waals surface area contributed by atoms with E-state index >= 15 is 0 Å². The molecule has 13 nitrogen and oxygen atoms in total. The van der Waals surface area contributed by atoms with Crippen LogP contribution in [0.5, 0.6) is 0 Å². The van der Waals surface area contributed by atoms with Gasteiger partial charge in [-0.2, -0.15) is 8.42 Å². The molecule has 236 valence electrons. The first-order valence-electron chi connectivity index (χ1n) is 14.3. The molecule has 7 atom stereocenters. The predicted molar refractivity (Wildman–Crippen MR) is 147 cm³/mol. The van der Waals surface area contributed by atoms with Gasteiger partial charge in [-0.3, -0.25) is 9.35 Å². The van der Waals surface area contributed by atoms with Crippen LogP contribution >= 0.6 is 0 Å². The molecule has 8 N–H and O–H groups in total. The van der Waals surface area contributed by atoms with E-state index < -0.39 is 72.4 Å². The second-order valence-electron chi connectivity index (χ2n) is 10.1. The molecule has 1 aliphatic heterocycles. The minimum atomic E-state index is -5.07. The summed E-state index contributed by atoms with van der Waals surface area (Å²) in [5, 5.41) is 43.1. The van der Waals surface area contributed by atoms with Crippen LogP contribution < -0.4 is 11.1 Å². The van der Waals surface area contributed by atoms with Gasteiger partial charge in [-0.1, -0.05) is 83.3 Å². The van der Waals surface area contributed by atoms with Gasteiger partial charge in [0.2, 0.25) is 5.91 Å². The van der Waals surface area contributed by atoms with Crippen molar-refractivity contribution in [1.29, 1.82) is 0 Å². The Hall–Kier alpha value is -1.20. The van der Waals surface area contributed by atoms with Gasteiger partial charge >= 0.3 is 10.4 Å². The summed E-state index contributed by atoms with van der Waals surface area (Å²) in [7, 11) is -5.07. The Morgan fingerprint density at radius 2 is 1.60 bits per heavy atom. The maximum absolute atomic E-state index is 11.9. The van der Waals surface area contributed by atoms with E-state index in [-0.39, 0.29) is 6.54 Å². The van der Waals surface area contributed by atoms with Crippen LogP contribution in [0.1, 0.15) is 84.0 Å². The molecule has 0 radical (unpaired) electrons. The van der Waals surface area contributed by atoms with Crippen molar-refractivity contribution in [2.24, 2.45) is 5.73 Å². The smallest absolute Gasteiger partial charge is 0.394 e. The lowest BCUT2D eigenvalue weighted by molar-refractivity contribution is -0.298. The van der Waals surface area contributed by atoms with E-state index in [1.165, 1.54) is 57.4 Å². The number of carbonyl (C=O) groups is 1. The third kappa shape index (κ3) is 15.1. The van der Waals surface area contributed by atoms with Gasteiger partial charge < -0.3 is 41.0 Å². The third-order valence-electron chi connectivity index (χ3n) is 6.75. The number of aliphatic hydroxyl groups is 4. The molecule has 0 bridgehead atoms. The van der Waals surface area contributed by atoms with Crippen molar-refractivity contribution in [3.8, 4) is 0 Å². The summed E-state index contributed by atoms with van der Waals surface area (Å²) in [6.07, 6.45) is 7.70. The second kappa shape index (κ2) is 20.6. The maximum Gasteiger partial charge on any atom is 0.397 e. The Labute approximate surface area is 238 Å². The Kier molecular flexibility index (Phi) is 19.0. The summed E-state index contributed by atoms with van der Waals surface area (Å²) >= 11 is 0. The first-order chi connectivity index (χ1) is 19.0. The molecule has 0 unspecified atom stereocenters. The van der Waals surface area contributed by atoms with Crippen molar-refractivity contribution in [1.82, 2.24) is 5.32 Å². The summed E-state index contributed by atoms with van der Waals surface area (Å²) in [6, 6.07) is -1.01. The van der Waals surface area contributed by atoms with Crippen LogP contribution in [-0.2, 0) is 28.9 Å². The largest absolute Gasteiger partial charge is 0.397 e. The van der Waals surface area contributed by atoms with E-state index in [0.717, 1.165) is 25.7 Å². The van der Waals surface area contributed by atoms with Crippen LogP contribution in [0.25, 0.3) is 0 Å². The first kappa shape index (κ1) is 36.8. The SMILES string of the molecule is CCCCCCCCCCCCC/C=C/[C@@H](O)[C@H](CO[C@@H]1O[C@H](CO)[C@H](O)[C@H](OS(=O)(=O)O)[C@H]1O)NC(=O)CN. The van der Waals surface area contributed by atoms with E-state index in [4.69, 9.17) is 19.8 Å². The molecular formula is C26H50N2O11S. The van der Waals surface area contributed by atoms with Gasteiger partial charge in [0.05, 0.1) is 31.9 Å². The molecule has 1 amide bonds. The Morgan fingerprint density at radius 1 is 1.02 bits per heavy atom. The summed E-state index contributed by atoms with van der Waals surface area (Å²) in [4.78, 5) is 11.9. The topological polar surface area (TPSA) is 218 Å². The van der Waals surface area contributed by atoms with Crippen molar-refractivity contribution in [3.63, 3.8) is 0 Å². The molecule has 0 aromatic rings. The molecule has 1 heterocycles. The molecule has 0 aliphatic carbocycles. The fraction of sp³-hybridized carbons (Fsp3) is 0.885. The highest BCUT2D eigenvalue weighted by Crippen LogP contribution is 2.25. The number of hydrogen-bond donors (Lipinski definition) is 7. The van der Waals surface area contributed by atoms with Crippen LogP contribution in [0.15, 0.2) is 12.2 Å². The zero-order valence-electron chi connectivity index (χ0n) is 23.5. The van der Waals surface area contributed by atoms with Gasteiger partial charge in [0, 0.05) is 0 Å². The highest BCUT2D eigenvalue weighted by Gasteiger charge is 2.48. The molecule has 1 saturated heterocycles. The number of carbonyl (C=O) groups excluding carboxylic acids is 1. The van der Waals surface area contributed by atoms with Crippen LogP contribution in [0.3, 0.4) is 0 Å². The quantitative estimate of drug-likeness (QED) is 0.0520. The van der Waals surface area contributed by atoms with Crippen molar-refractivity contribution in [3.05, 3.63) is 12.2 Å². The van der Waals surface area contributed by atoms with Gasteiger partial charge in [-0.15, -0.1) is 0 Å². The minimum Gasteiger partial charge on any atom is -0.394 e. The third-order valence-corrected chi connectivity index (χ3v) is 7.21. The predicted octanol–water partition coefficient (Wildman–Crippen LogP) is 0.692. The van der Waals surface area contributed by atoms with Gasteiger partial charge in [-0.05, 0) is 12.8 Å². The van der Waals surface area contributed by atoms with Crippen LogP contribution in [-0.4, -0.2) is 102 Å². The van der Waals surface area contributed by atoms with Crippen LogP contribution in [0.2, 0.25) is 0 Å². The molecule has 0 aromatic carbocycles. The second-order valence-corrected chi connectivity index (χ2v) is 11.2. The van der Waals surface area contributed by atoms with Crippen molar-refractivity contribution in [2.75, 3.05) is 19.8 Å². The number of hydrogen-bond acceptors (Lipinski definition) is 11. The molecule has 1 rings (SSSR count). The van der Waals surface area contributed by atoms with Crippen molar-refractivity contribution in [2.45, 2.75) is 127 Å². The summed E-state index contributed by atoms with van der Waals surface area (Å²) in [5.41, 5.74) is 5.37. The molecule has 0 saturated carbocycles. The lowest BCUT2D eigenvalue weighted by atomic mass is 9.99. The van der Waals surface area contributed by atoms with Crippen molar-refractivity contribution >= 4 is 16.3 Å².